The fourth-order valence-electron chi connectivity index (χ4n) is 1.66. The lowest BCUT2D eigenvalue weighted by molar-refractivity contribution is -0.620. The van der Waals surface area contributed by atoms with E-state index in [0.29, 0.717) is 12.1 Å². The second kappa shape index (κ2) is 5.34. The van der Waals surface area contributed by atoms with Crippen molar-refractivity contribution in [2.45, 2.75) is 0 Å². The van der Waals surface area contributed by atoms with Crippen LogP contribution in [0.2, 0.25) is 0 Å². The van der Waals surface area contributed by atoms with Crippen LogP contribution >= 0.6 is 11.6 Å². The lowest BCUT2D eigenvalue weighted by atomic mass is 10.2. The first-order valence-corrected chi connectivity index (χ1v) is 5.88. The highest BCUT2D eigenvalue weighted by molar-refractivity contribution is 6.29. The lowest BCUT2D eigenvalue weighted by Gasteiger charge is -2.12. The van der Waals surface area contributed by atoms with Gasteiger partial charge in [0.05, 0.1) is 6.07 Å². The molecule has 0 aliphatic carbocycles. The molecule has 1 N–H and O–H groups in total. The van der Waals surface area contributed by atoms with E-state index in [-0.39, 0.29) is 9.46 Å². The highest BCUT2D eigenvalue weighted by Crippen LogP contribution is 2.16. The van der Waals surface area contributed by atoms with Gasteiger partial charge in [-0.25, -0.2) is 23.6 Å². The third kappa shape index (κ3) is 2.36. The maximum absolute atomic E-state index is 13.2. The van der Waals surface area contributed by atoms with E-state index in [0.717, 1.165) is 0 Å². The number of carbonyl (C=O) groups is 1. The molecule has 2 rings (SSSR count). The second-order valence-electron chi connectivity index (χ2n) is 3.83. The molecule has 1 aromatic heterocycles. The van der Waals surface area contributed by atoms with E-state index in [1.165, 1.54) is 6.07 Å². The number of hydrogen-bond acceptors (Lipinski definition) is 4. The SMILES string of the molecule is N#Cc1c(NC(=O)CCl)[n+]([O-])c2cc(F)c(F)cc2[n+]1[O-]. The van der Waals surface area contributed by atoms with Crippen molar-refractivity contribution in [2.24, 2.45) is 0 Å². The zero-order valence-electron chi connectivity index (χ0n) is 10.1. The molecule has 0 spiro atoms. The van der Waals surface area contributed by atoms with Crippen LogP contribution in [0.1, 0.15) is 5.69 Å². The fourth-order valence-corrected chi connectivity index (χ4v) is 1.73. The summed E-state index contributed by atoms with van der Waals surface area (Å²) in [5.74, 6) is -4.80. The summed E-state index contributed by atoms with van der Waals surface area (Å²) in [6.07, 6.45) is 0. The van der Waals surface area contributed by atoms with Crippen molar-refractivity contribution in [1.82, 2.24) is 0 Å². The maximum Gasteiger partial charge on any atom is 0.386 e. The smallest absolute Gasteiger partial charge is 0.386 e. The predicted octanol–water partition coefficient (Wildman–Crippen LogP) is 0.434. The minimum absolute atomic E-state index is 0.0464. The minimum Gasteiger partial charge on any atom is -0.710 e. The molecule has 0 bridgehead atoms. The number of nitrogens with one attached hydrogen (secondary N) is 1. The molecule has 1 heterocycles. The van der Waals surface area contributed by atoms with Gasteiger partial charge in [-0.05, 0) is 0 Å². The molecular weight excluding hydrogens is 310 g/mol. The molecule has 10 heteroatoms. The monoisotopic (exact) mass is 314 g/mol. The topological polar surface area (TPSA) is 107 Å². The van der Waals surface area contributed by atoms with Crippen molar-refractivity contribution in [3.8, 4) is 6.07 Å². The second-order valence-corrected chi connectivity index (χ2v) is 4.10. The summed E-state index contributed by atoms with van der Waals surface area (Å²) in [6, 6.07) is 2.39. The quantitative estimate of drug-likeness (QED) is 0.493. The van der Waals surface area contributed by atoms with Crippen molar-refractivity contribution in [3.63, 3.8) is 0 Å². The highest BCUT2D eigenvalue weighted by atomic mass is 35.5. The van der Waals surface area contributed by atoms with E-state index < -0.39 is 46.0 Å². The molecule has 0 radical (unpaired) electrons. The Bertz CT molecular complexity index is 807. The van der Waals surface area contributed by atoms with Crippen LogP contribution in [0.5, 0.6) is 0 Å². The Kier molecular flexibility index (Phi) is 3.73. The van der Waals surface area contributed by atoms with E-state index in [1.807, 2.05) is 5.32 Å². The first-order valence-electron chi connectivity index (χ1n) is 5.34. The Balaban J connectivity index is 2.86. The van der Waals surface area contributed by atoms with Gasteiger partial charge in [-0.15, -0.1) is 16.3 Å². The number of amides is 1. The van der Waals surface area contributed by atoms with Crippen LogP contribution in [-0.4, -0.2) is 11.8 Å². The Morgan fingerprint density at radius 3 is 2.29 bits per heavy atom. The molecule has 21 heavy (non-hydrogen) atoms. The Hall–Kier alpha value is -2.73. The van der Waals surface area contributed by atoms with E-state index in [2.05, 4.69) is 0 Å². The van der Waals surface area contributed by atoms with Crippen molar-refractivity contribution in [3.05, 3.63) is 39.9 Å². The molecule has 0 aliphatic rings. The summed E-state index contributed by atoms with van der Waals surface area (Å²) in [4.78, 5) is 11.2. The molecule has 0 fully saturated rings. The van der Waals surface area contributed by atoms with Gasteiger partial charge < -0.3 is 10.4 Å². The number of rotatable bonds is 2. The van der Waals surface area contributed by atoms with Gasteiger partial charge in [-0.2, -0.15) is 5.26 Å². The maximum atomic E-state index is 13.2. The van der Waals surface area contributed by atoms with Crippen LogP contribution in [-0.2, 0) is 4.79 Å². The summed E-state index contributed by atoms with van der Waals surface area (Å²) in [7, 11) is 0. The molecule has 0 saturated heterocycles. The molecular formula is C11H5ClF2N4O3. The molecule has 0 saturated carbocycles. The summed E-state index contributed by atoms with van der Waals surface area (Å²) in [5.41, 5.74) is -1.88. The zero-order chi connectivity index (χ0) is 15.7. The number of alkyl halides is 1. The number of halogens is 3. The number of anilines is 1. The first kappa shape index (κ1) is 14.7. The van der Waals surface area contributed by atoms with E-state index >= 15 is 0 Å². The van der Waals surface area contributed by atoms with Gasteiger partial charge in [0.25, 0.3) is 5.52 Å². The average molecular weight is 315 g/mol. The number of fused-ring (bicyclic) bond motifs is 1. The van der Waals surface area contributed by atoms with Gasteiger partial charge in [-0.3, -0.25) is 0 Å². The molecule has 0 aliphatic heterocycles. The average Bonchev–Trinajstić information content (AvgIpc) is 2.46. The predicted molar refractivity (Wildman–Crippen MR) is 65.8 cm³/mol. The standard InChI is InChI=1S/C11H5ClF2N4O3/c12-3-10(19)16-11-9(4-15)17(20)7-1-5(13)6(14)2-8(7)18(11)21/h1-2H,3H2,(H,16,19). The summed E-state index contributed by atoms with van der Waals surface area (Å²) < 4.78 is 26.2. The molecule has 0 unspecified atom stereocenters. The number of nitriles is 1. The van der Waals surface area contributed by atoms with Gasteiger partial charge >= 0.3 is 17.4 Å². The van der Waals surface area contributed by atoms with Crippen LogP contribution < -0.4 is 14.8 Å². The summed E-state index contributed by atoms with van der Waals surface area (Å²) >= 11 is 5.25. The highest BCUT2D eigenvalue weighted by Gasteiger charge is 2.29. The van der Waals surface area contributed by atoms with Gasteiger partial charge in [0, 0.05) is 6.07 Å². The van der Waals surface area contributed by atoms with Gasteiger partial charge in [0.15, 0.2) is 17.7 Å². The van der Waals surface area contributed by atoms with E-state index in [9.17, 15) is 24.0 Å². The van der Waals surface area contributed by atoms with Crippen molar-refractivity contribution in [2.75, 3.05) is 11.2 Å². The van der Waals surface area contributed by atoms with Crippen molar-refractivity contribution in [1.29, 1.82) is 5.26 Å². The van der Waals surface area contributed by atoms with E-state index in [4.69, 9.17) is 16.9 Å². The third-order valence-electron chi connectivity index (χ3n) is 2.57. The van der Waals surface area contributed by atoms with Crippen molar-refractivity contribution < 1.29 is 23.0 Å². The van der Waals surface area contributed by atoms with Crippen LogP contribution in [0.25, 0.3) is 11.0 Å². The fraction of sp³-hybridized carbons (Fsp3) is 0.0909. The lowest BCUT2D eigenvalue weighted by Crippen LogP contribution is -2.45. The minimum atomic E-state index is -1.36. The van der Waals surface area contributed by atoms with Crippen LogP contribution in [0.4, 0.5) is 14.6 Å². The summed E-state index contributed by atoms with van der Waals surface area (Å²) in [5, 5.41) is 34.9. The number of nitrogens with zero attached hydrogens (tertiary/aromatic N) is 3. The zero-order valence-corrected chi connectivity index (χ0v) is 10.8. The molecule has 1 aromatic carbocycles. The molecule has 108 valence electrons. The normalized spacial score (nSPS) is 10.4. The van der Waals surface area contributed by atoms with Gasteiger partial charge in [-0.1, -0.05) is 0 Å². The molecule has 1 amide bonds. The number of hydrogen-bond donors (Lipinski definition) is 1. The Labute approximate surface area is 120 Å². The number of aromatic nitrogens is 2. The molecule has 0 atom stereocenters. The Morgan fingerprint density at radius 1 is 1.29 bits per heavy atom. The molecule has 7 nitrogen and oxygen atoms in total. The van der Waals surface area contributed by atoms with Gasteiger partial charge in [0.2, 0.25) is 5.52 Å². The first-order chi connectivity index (χ1) is 9.90. The van der Waals surface area contributed by atoms with Crippen LogP contribution in [0, 0.1) is 33.4 Å². The van der Waals surface area contributed by atoms with Crippen molar-refractivity contribution >= 4 is 34.4 Å². The van der Waals surface area contributed by atoms with Crippen LogP contribution in [0.3, 0.4) is 0 Å². The van der Waals surface area contributed by atoms with Gasteiger partial charge in [0.1, 0.15) is 5.88 Å². The third-order valence-corrected chi connectivity index (χ3v) is 2.81. The summed E-state index contributed by atoms with van der Waals surface area (Å²) in [6.45, 7) is 0. The largest absolute Gasteiger partial charge is 0.710 e. The number of carbonyl (C=O) groups excluding carboxylic acids is 1. The van der Waals surface area contributed by atoms with Crippen LogP contribution in [0.15, 0.2) is 12.1 Å². The van der Waals surface area contributed by atoms with E-state index in [1.54, 1.807) is 0 Å². The molecule has 2 aromatic rings. The Morgan fingerprint density at radius 2 is 1.81 bits per heavy atom. The number of benzene rings is 1.